The molecule has 1 amide bonds. The molecule has 0 spiro atoms. The van der Waals surface area contributed by atoms with Crippen molar-refractivity contribution in [2.24, 2.45) is 0 Å². The van der Waals surface area contributed by atoms with Crippen molar-refractivity contribution in [1.29, 1.82) is 0 Å². The lowest BCUT2D eigenvalue weighted by Crippen LogP contribution is -2.17. The minimum atomic E-state index is -0.405. The summed E-state index contributed by atoms with van der Waals surface area (Å²) in [7, 11) is 1.38. The predicted octanol–water partition coefficient (Wildman–Crippen LogP) is 7.23. The van der Waals surface area contributed by atoms with Gasteiger partial charge in [0.1, 0.15) is 5.00 Å². The van der Waals surface area contributed by atoms with Crippen LogP contribution in [0.25, 0.3) is 22.2 Å². The molecule has 0 aliphatic heterocycles. The number of methoxy groups -OCH3 is 1. The Morgan fingerprint density at radius 3 is 2.51 bits per heavy atom. The highest BCUT2D eigenvalue weighted by Gasteiger charge is 2.28. The third-order valence-electron chi connectivity index (χ3n) is 6.52. The smallest absolute Gasteiger partial charge is 0.341 e. The summed E-state index contributed by atoms with van der Waals surface area (Å²) >= 11 is 7.58. The fraction of sp³-hybridized carbons (Fsp3) is 0.250. The zero-order valence-electron chi connectivity index (χ0n) is 19.6. The molecule has 7 heteroatoms. The van der Waals surface area contributed by atoms with Gasteiger partial charge in [0, 0.05) is 20.8 Å². The molecule has 178 valence electrons. The Morgan fingerprint density at radius 2 is 1.74 bits per heavy atom. The Kier molecular flexibility index (Phi) is 6.58. The second-order valence-corrected chi connectivity index (χ2v) is 10.2. The molecule has 2 aromatic carbocycles. The number of ether oxygens (including phenoxy) is 1. The number of carbonyl (C=O) groups excluding carboxylic acids is 2. The number of rotatable bonds is 4. The molecular formula is C28H25ClN2O3S. The molecule has 2 aromatic heterocycles. The van der Waals surface area contributed by atoms with Gasteiger partial charge in [-0.05, 0) is 61.9 Å². The summed E-state index contributed by atoms with van der Waals surface area (Å²) in [6.07, 6.45) is 4.99. The van der Waals surface area contributed by atoms with Crippen molar-refractivity contribution in [2.75, 3.05) is 12.4 Å². The first-order chi connectivity index (χ1) is 17.0. The van der Waals surface area contributed by atoms with Crippen molar-refractivity contribution in [3.8, 4) is 11.3 Å². The molecule has 0 atom stereocenters. The molecule has 35 heavy (non-hydrogen) atoms. The number of hydrogen-bond donors (Lipinski definition) is 1. The quantitative estimate of drug-likeness (QED) is 0.235. The lowest BCUT2D eigenvalue weighted by atomic mass is 9.97. The number of pyridine rings is 1. The van der Waals surface area contributed by atoms with Crippen LogP contribution in [0.15, 0.2) is 48.5 Å². The maximum absolute atomic E-state index is 13.8. The highest BCUT2D eigenvalue weighted by atomic mass is 35.5. The van der Waals surface area contributed by atoms with E-state index < -0.39 is 5.97 Å². The van der Waals surface area contributed by atoms with Gasteiger partial charge in [-0.25, -0.2) is 9.78 Å². The SMILES string of the molecule is COC(=O)c1c(NC(=O)c2c(C)c(-c3ccc(Cl)cc3)nc3ccccc23)sc2c1CCCCC2. The van der Waals surface area contributed by atoms with Gasteiger partial charge in [-0.3, -0.25) is 4.79 Å². The van der Waals surface area contributed by atoms with Crippen LogP contribution in [0.5, 0.6) is 0 Å². The molecule has 1 aliphatic carbocycles. The van der Waals surface area contributed by atoms with E-state index in [4.69, 9.17) is 21.3 Å². The number of hydrogen-bond acceptors (Lipinski definition) is 5. The summed E-state index contributed by atoms with van der Waals surface area (Å²) in [5.41, 5.74) is 5.15. The van der Waals surface area contributed by atoms with Crippen molar-refractivity contribution in [1.82, 2.24) is 4.98 Å². The Labute approximate surface area is 213 Å². The van der Waals surface area contributed by atoms with E-state index in [0.717, 1.165) is 70.3 Å². The second kappa shape index (κ2) is 9.80. The normalized spacial score (nSPS) is 13.2. The van der Waals surface area contributed by atoms with Crippen LogP contribution in [-0.2, 0) is 17.6 Å². The van der Waals surface area contributed by atoms with E-state index in [2.05, 4.69) is 5.32 Å². The third kappa shape index (κ3) is 4.44. The van der Waals surface area contributed by atoms with Crippen molar-refractivity contribution >= 4 is 50.7 Å². The first-order valence-corrected chi connectivity index (χ1v) is 12.9. The molecule has 0 saturated heterocycles. The average Bonchev–Trinajstić information content (AvgIpc) is 3.03. The zero-order chi connectivity index (χ0) is 24.5. The Hall–Kier alpha value is -3.22. The van der Waals surface area contributed by atoms with Crippen LogP contribution >= 0.6 is 22.9 Å². The average molecular weight is 505 g/mol. The van der Waals surface area contributed by atoms with Gasteiger partial charge in [0.05, 0.1) is 29.4 Å². The number of halogens is 1. The number of nitrogens with zero attached hydrogens (tertiary/aromatic N) is 1. The highest BCUT2D eigenvalue weighted by Crippen LogP contribution is 2.39. The molecule has 5 nitrogen and oxygen atoms in total. The Balaban J connectivity index is 1.62. The van der Waals surface area contributed by atoms with Crippen molar-refractivity contribution < 1.29 is 14.3 Å². The van der Waals surface area contributed by atoms with Crippen LogP contribution in [0.1, 0.15) is 56.0 Å². The van der Waals surface area contributed by atoms with E-state index in [1.807, 2.05) is 55.5 Å². The number of aryl methyl sites for hydroxylation is 1. The monoisotopic (exact) mass is 504 g/mol. The lowest BCUT2D eigenvalue weighted by molar-refractivity contribution is 0.0601. The molecule has 5 rings (SSSR count). The molecule has 0 saturated carbocycles. The van der Waals surface area contributed by atoms with Gasteiger partial charge >= 0.3 is 5.97 Å². The summed E-state index contributed by atoms with van der Waals surface area (Å²) < 4.78 is 5.11. The first kappa shape index (κ1) is 23.5. The van der Waals surface area contributed by atoms with Crippen LogP contribution in [-0.4, -0.2) is 24.0 Å². The summed E-state index contributed by atoms with van der Waals surface area (Å²) in [6, 6.07) is 15.0. The van der Waals surface area contributed by atoms with Crippen LogP contribution in [0.2, 0.25) is 5.02 Å². The Morgan fingerprint density at radius 1 is 1.00 bits per heavy atom. The molecule has 1 N–H and O–H groups in total. The third-order valence-corrected chi connectivity index (χ3v) is 7.98. The van der Waals surface area contributed by atoms with Gasteiger partial charge in [-0.15, -0.1) is 11.3 Å². The summed E-state index contributed by atoms with van der Waals surface area (Å²) in [5, 5.41) is 5.03. The van der Waals surface area contributed by atoms with E-state index in [1.54, 1.807) is 0 Å². The number of anilines is 1. The molecular weight excluding hydrogens is 480 g/mol. The van der Waals surface area contributed by atoms with Gasteiger partial charge in [0.15, 0.2) is 0 Å². The van der Waals surface area contributed by atoms with Gasteiger partial charge in [0.2, 0.25) is 0 Å². The Bertz CT molecular complexity index is 1440. The number of para-hydroxylation sites is 1. The fourth-order valence-corrected chi connectivity index (χ4v) is 6.20. The van der Waals surface area contributed by atoms with Gasteiger partial charge in [0.25, 0.3) is 5.91 Å². The number of amides is 1. The molecule has 4 aromatic rings. The summed E-state index contributed by atoms with van der Waals surface area (Å²) in [4.78, 5) is 32.6. The number of esters is 1. The maximum Gasteiger partial charge on any atom is 0.341 e. The number of fused-ring (bicyclic) bond motifs is 2. The molecule has 0 unspecified atom stereocenters. The van der Waals surface area contributed by atoms with Crippen LogP contribution < -0.4 is 5.32 Å². The number of thiophene rings is 1. The molecule has 1 aliphatic rings. The first-order valence-electron chi connectivity index (χ1n) is 11.7. The van der Waals surface area contributed by atoms with Gasteiger partial charge in [-0.2, -0.15) is 0 Å². The number of carbonyl (C=O) groups is 2. The maximum atomic E-state index is 13.8. The second-order valence-electron chi connectivity index (χ2n) is 8.70. The van der Waals surface area contributed by atoms with Gasteiger partial charge in [-0.1, -0.05) is 48.4 Å². The minimum Gasteiger partial charge on any atom is -0.465 e. The van der Waals surface area contributed by atoms with E-state index in [-0.39, 0.29) is 5.91 Å². The number of nitrogens with one attached hydrogen (secondary N) is 1. The lowest BCUT2D eigenvalue weighted by Gasteiger charge is -2.15. The minimum absolute atomic E-state index is 0.266. The van der Waals surface area contributed by atoms with Crippen molar-refractivity contribution in [3.63, 3.8) is 0 Å². The van der Waals surface area contributed by atoms with Crippen molar-refractivity contribution in [3.05, 3.63) is 80.7 Å². The van der Waals surface area contributed by atoms with E-state index in [9.17, 15) is 9.59 Å². The zero-order valence-corrected chi connectivity index (χ0v) is 21.2. The topological polar surface area (TPSA) is 68.3 Å². The largest absolute Gasteiger partial charge is 0.465 e. The number of aromatic nitrogens is 1. The summed E-state index contributed by atoms with van der Waals surface area (Å²) in [6.45, 7) is 1.91. The predicted molar refractivity (Wildman–Crippen MR) is 142 cm³/mol. The van der Waals surface area contributed by atoms with E-state index in [1.165, 1.54) is 18.4 Å². The van der Waals surface area contributed by atoms with Crippen LogP contribution in [0.4, 0.5) is 5.00 Å². The van der Waals surface area contributed by atoms with Gasteiger partial charge < -0.3 is 10.1 Å². The number of benzene rings is 2. The van der Waals surface area contributed by atoms with E-state index >= 15 is 0 Å². The van der Waals surface area contributed by atoms with Crippen LogP contribution in [0.3, 0.4) is 0 Å². The van der Waals surface area contributed by atoms with Crippen molar-refractivity contribution in [2.45, 2.75) is 39.0 Å². The molecule has 0 fully saturated rings. The standard InChI is InChI=1S/C28H25ClN2O3S/c1-16-23(19-8-6-7-10-21(19)30-25(16)17-12-14-18(29)15-13-17)26(32)31-27-24(28(33)34-2)20-9-4-3-5-11-22(20)35-27/h6-8,10,12-15H,3-5,9,11H2,1-2H3,(H,31,32). The summed E-state index contributed by atoms with van der Waals surface area (Å²) in [5.74, 6) is -0.671. The molecule has 0 radical (unpaired) electrons. The highest BCUT2D eigenvalue weighted by molar-refractivity contribution is 7.17. The van der Waals surface area contributed by atoms with Crippen LogP contribution in [0, 0.1) is 6.92 Å². The molecule has 0 bridgehead atoms. The van der Waals surface area contributed by atoms with E-state index in [0.29, 0.717) is 21.2 Å². The molecule has 2 heterocycles. The fourth-order valence-electron chi connectivity index (χ4n) is 4.80.